The van der Waals surface area contributed by atoms with E-state index in [1.807, 2.05) is 0 Å². The monoisotopic (exact) mass is 144 g/mol. The van der Waals surface area contributed by atoms with Crippen molar-refractivity contribution in [2.45, 2.75) is 6.42 Å². The minimum Gasteiger partial charge on any atom is -1.00 e. The SMILES string of the molecule is COC(=O)CC(=O)O.[H-].[H-].[Mg+2]. The Morgan fingerprint density at radius 2 is 2.11 bits per heavy atom. The van der Waals surface area contributed by atoms with E-state index in [1.165, 1.54) is 0 Å². The molecule has 0 radical (unpaired) electrons. The van der Waals surface area contributed by atoms with Gasteiger partial charge in [-0.15, -0.1) is 0 Å². The van der Waals surface area contributed by atoms with Crippen LogP contribution < -0.4 is 0 Å². The van der Waals surface area contributed by atoms with E-state index in [1.54, 1.807) is 0 Å². The van der Waals surface area contributed by atoms with E-state index in [-0.39, 0.29) is 25.9 Å². The number of ether oxygens (including phenoxy) is 1. The van der Waals surface area contributed by atoms with E-state index in [4.69, 9.17) is 5.11 Å². The first-order chi connectivity index (χ1) is 3.66. The third kappa shape index (κ3) is 7.71. The molecular weight excluding hydrogens is 136 g/mol. The van der Waals surface area contributed by atoms with Crippen LogP contribution in [0.5, 0.6) is 0 Å². The molecule has 0 fully saturated rings. The summed E-state index contributed by atoms with van der Waals surface area (Å²) in [5, 5.41) is 7.91. The summed E-state index contributed by atoms with van der Waals surface area (Å²) in [4.78, 5) is 19.7. The Balaban J connectivity index is -0.0000000817. The fourth-order valence-corrected chi connectivity index (χ4v) is 0.196. The van der Waals surface area contributed by atoms with Crippen molar-refractivity contribution in [3.05, 3.63) is 0 Å². The molecule has 0 aromatic rings. The Bertz CT molecular complexity index is 119. The number of carbonyl (C=O) groups excluding carboxylic acids is 1. The van der Waals surface area contributed by atoms with Crippen LogP contribution in [-0.4, -0.2) is 47.2 Å². The van der Waals surface area contributed by atoms with Crippen LogP contribution in [0.4, 0.5) is 0 Å². The minimum absolute atomic E-state index is 0. The number of carboxylic acid groups (broad SMARTS) is 1. The molecule has 5 heteroatoms. The van der Waals surface area contributed by atoms with Gasteiger partial charge in [0, 0.05) is 0 Å². The smallest absolute Gasteiger partial charge is 1.00 e. The molecule has 0 heterocycles. The van der Waals surface area contributed by atoms with Gasteiger partial charge >= 0.3 is 35.0 Å². The molecule has 0 aromatic carbocycles. The van der Waals surface area contributed by atoms with Crippen LogP contribution in [0.3, 0.4) is 0 Å². The van der Waals surface area contributed by atoms with Crippen molar-refractivity contribution in [2.75, 3.05) is 7.11 Å². The summed E-state index contributed by atoms with van der Waals surface area (Å²) in [6, 6.07) is 0. The van der Waals surface area contributed by atoms with Gasteiger partial charge in [0.2, 0.25) is 0 Å². The minimum atomic E-state index is -1.17. The molecule has 50 valence electrons. The quantitative estimate of drug-likeness (QED) is 0.322. The molecule has 0 saturated heterocycles. The third-order valence-corrected chi connectivity index (χ3v) is 0.523. The van der Waals surface area contributed by atoms with Gasteiger partial charge in [0.15, 0.2) is 0 Å². The van der Waals surface area contributed by atoms with Crippen molar-refractivity contribution in [1.82, 2.24) is 0 Å². The molecule has 1 N–H and O–H groups in total. The molecule has 0 unspecified atom stereocenters. The van der Waals surface area contributed by atoms with Gasteiger partial charge in [-0.25, -0.2) is 0 Å². The number of methoxy groups -OCH3 is 1. The Morgan fingerprint density at radius 1 is 1.67 bits per heavy atom. The van der Waals surface area contributed by atoms with E-state index in [9.17, 15) is 9.59 Å². The van der Waals surface area contributed by atoms with Crippen molar-refractivity contribution >= 4 is 35.0 Å². The molecule has 0 rings (SSSR count). The van der Waals surface area contributed by atoms with E-state index in [2.05, 4.69) is 4.74 Å². The standard InChI is InChI=1S/C4H6O4.Mg.2H/c1-8-4(7)2-3(5)6;;;/h2H2,1H3,(H,5,6);;;/q;+2;2*-1. The van der Waals surface area contributed by atoms with E-state index in [0.717, 1.165) is 7.11 Å². The normalized spacial score (nSPS) is 7.22. The summed E-state index contributed by atoms with van der Waals surface area (Å²) in [5.41, 5.74) is 0. The maximum Gasteiger partial charge on any atom is 2.00 e. The van der Waals surface area contributed by atoms with Gasteiger partial charge in [-0.1, -0.05) is 0 Å². The van der Waals surface area contributed by atoms with Gasteiger partial charge in [0.25, 0.3) is 0 Å². The number of carbonyl (C=O) groups is 2. The van der Waals surface area contributed by atoms with Gasteiger partial charge in [-0.2, -0.15) is 0 Å². The number of carboxylic acids is 1. The van der Waals surface area contributed by atoms with Crippen LogP contribution in [-0.2, 0) is 14.3 Å². The molecule has 4 nitrogen and oxygen atoms in total. The molecule has 0 aromatic heterocycles. The predicted octanol–water partition coefficient (Wildman–Crippen LogP) is -0.522. The summed E-state index contributed by atoms with van der Waals surface area (Å²) in [6.45, 7) is 0. The van der Waals surface area contributed by atoms with Gasteiger partial charge in [-0.05, 0) is 0 Å². The van der Waals surface area contributed by atoms with Crippen molar-refractivity contribution in [2.24, 2.45) is 0 Å². The first-order valence-corrected chi connectivity index (χ1v) is 1.95. The Hall–Kier alpha value is -0.294. The van der Waals surface area contributed by atoms with Gasteiger partial charge in [0.1, 0.15) is 6.42 Å². The van der Waals surface area contributed by atoms with E-state index < -0.39 is 18.4 Å². The molecule has 0 amide bonds. The van der Waals surface area contributed by atoms with Crippen LogP contribution >= 0.6 is 0 Å². The Morgan fingerprint density at radius 3 is 2.22 bits per heavy atom. The summed E-state index contributed by atoms with van der Waals surface area (Å²) in [5.74, 6) is -1.89. The molecular formula is C4H8MgO4. The predicted molar refractivity (Wildman–Crippen MR) is 32.2 cm³/mol. The molecule has 0 saturated carbocycles. The topological polar surface area (TPSA) is 63.6 Å². The zero-order chi connectivity index (χ0) is 6.57. The summed E-state index contributed by atoms with van der Waals surface area (Å²) in [6.07, 6.45) is -0.559. The molecule has 0 aliphatic heterocycles. The Kier molecular flexibility index (Phi) is 7.45. The molecule has 0 spiro atoms. The number of aliphatic carboxylic acids is 1. The average molecular weight is 144 g/mol. The summed E-state index contributed by atoms with van der Waals surface area (Å²) in [7, 11) is 1.14. The van der Waals surface area contributed by atoms with E-state index >= 15 is 0 Å². The summed E-state index contributed by atoms with van der Waals surface area (Å²) < 4.78 is 4.04. The van der Waals surface area contributed by atoms with Crippen LogP contribution in [0.2, 0.25) is 0 Å². The van der Waals surface area contributed by atoms with Crippen molar-refractivity contribution in [3.8, 4) is 0 Å². The molecule has 0 atom stereocenters. The van der Waals surface area contributed by atoms with Crippen molar-refractivity contribution in [3.63, 3.8) is 0 Å². The number of hydrogen-bond acceptors (Lipinski definition) is 3. The summed E-state index contributed by atoms with van der Waals surface area (Å²) >= 11 is 0. The third-order valence-electron chi connectivity index (χ3n) is 0.523. The fraction of sp³-hybridized carbons (Fsp3) is 0.500. The first kappa shape index (κ1) is 11.5. The zero-order valence-corrected chi connectivity index (χ0v) is 6.50. The maximum atomic E-state index is 10.0. The molecule has 9 heavy (non-hydrogen) atoms. The van der Waals surface area contributed by atoms with E-state index in [0.29, 0.717) is 0 Å². The molecule has 0 bridgehead atoms. The van der Waals surface area contributed by atoms with Crippen LogP contribution in [0.15, 0.2) is 0 Å². The Labute approximate surface area is 71.3 Å². The molecule has 0 aliphatic carbocycles. The van der Waals surface area contributed by atoms with Gasteiger partial charge in [0.05, 0.1) is 7.11 Å². The van der Waals surface area contributed by atoms with Crippen LogP contribution in [0.25, 0.3) is 0 Å². The largest absolute Gasteiger partial charge is 2.00 e. The molecule has 0 aliphatic rings. The number of hydrogen-bond donors (Lipinski definition) is 1. The number of rotatable bonds is 2. The average Bonchev–Trinajstić information content (AvgIpc) is 1.65. The van der Waals surface area contributed by atoms with Crippen molar-refractivity contribution < 1.29 is 22.3 Å². The zero-order valence-electron chi connectivity index (χ0n) is 7.09. The van der Waals surface area contributed by atoms with Gasteiger partial charge in [-0.3, -0.25) is 9.59 Å². The van der Waals surface area contributed by atoms with Crippen LogP contribution in [0, 0.1) is 0 Å². The second-order valence-electron chi connectivity index (χ2n) is 1.15. The first-order valence-electron chi connectivity index (χ1n) is 1.95. The number of esters is 1. The second kappa shape index (κ2) is 5.84. The second-order valence-corrected chi connectivity index (χ2v) is 1.15. The van der Waals surface area contributed by atoms with Crippen LogP contribution in [0.1, 0.15) is 9.27 Å². The van der Waals surface area contributed by atoms with Crippen molar-refractivity contribution in [1.29, 1.82) is 0 Å². The fourth-order valence-electron chi connectivity index (χ4n) is 0.196. The maximum absolute atomic E-state index is 10.0. The van der Waals surface area contributed by atoms with Gasteiger partial charge < -0.3 is 12.7 Å².